The van der Waals surface area contributed by atoms with Crippen LogP contribution in [0.25, 0.3) is 10.9 Å². The zero-order chi connectivity index (χ0) is 15.0. The summed E-state index contributed by atoms with van der Waals surface area (Å²) < 4.78 is 0. The van der Waals surface area contributed by atoms with Crippen LogP contribution < -0.4 is 0 Å². The Morgan fingerprint density at radius 2 is 2.14 bits per heavy atom. The molecular formula is C17H20N2O2. The normalized spacial score (nSPS) is 22.0. The number of aliphatic hydroxyl groups excluding tert-OH is 1. The van der Waals surface area contributed by atoms with Crippen molar-refractivity contribution in [1.29, 1.82) is 0 Å². The summed E-state index contributed by atoms with van der Waals surface area (Å²) in [7, 11) is 0. The van der Waals surface area contributed by atoms with Gasteiger partial charge in [-0.1, -0.05) is 18.2 Å². The maximum atomic E-state index is 12.9. The Labute approximate surface area is 124 Å². The number of hydrogen-bond donors (Lipinski definition) is 1. The van der Waals surface area contributed by atoms with Crippen molar-refractivity contribution in [3.63, 3.8) is 0 Å². The highest BCUT2D eigenvalue weighted by atomic mass is 16.3. The van der Waals surface area contributed by atoms with Gasteiger partial charge in [-0.3, -0.25) is 9.78 Å². The first-order valence-electron chi connectivity index (χ1n) is 7.41. The molecule has 0 unspecified atom stereocenters. The molecule has 1 fully saturated rings. The molecule has 4 nitrogen and oxygen atoms in total. The van der Waals surface area contributed by atoms with E-state index in [2.05, 4.69) is 4.98 Å². The molecule has 1 aromatic heterocycles. The van der Waals surface area contributed by atoms with Crippen molar-refractivity contribution >= 4 is 16.8 Å². The standard InChI is InChI=1S/C17H20N2O2/c1-11-7-8-13(10-20)19(11)17(21)15-9-18-16-6-4-3-5-14(16)12(15)2/h3-6,9,11,13,20H,7-8,10H2,1-2H3/t11-,13-/m1/s1. The number of para-hydroxylation sites is 1. The number of carbonyl (C=O) groups is 1. The second-order valence-corrected chi connectivity index (χ2v) is 5.79. The number of rotatable bonds is 2. The van der Waals surface area contributed by atoms with E-state index >= 15 is 0 Å². The Balaban J connectivity index is 2.03. The highest BCUT2D eigenvalue weighted by Gasteiger charge is 2.35. The number of pyridine rings is 1. The number of carbonyl (C=O) groups excluding carboxylic acids is 1. The molecule has 3 rings (SSSR count). The van der Waals surface area contributed by atoms with Crippen molar-refractivity contribution in [2.75, 3.05) is 6.61 Å². The molecule has 1 aliphatic rings. The molecule has 0 aliphatic carbocycles. The molecule has 1 N–H and O–H groups in total. The van der Waals surface area contributed by atoms with Crippen LogP contribution >= 0.6 is 0 Å². The smallest absolute Gasteiger partial charge is 0.256 e. The van der Waals surface area contributed by atoms with Crippen molar-refractivity contribution in [2.24, 2.45) is 0 Å². The summed E-state index contributed by atoms with van der Waals surface area (Å²) in [5, 5.41) is 10.5. The number of amides is 1. The molecule has 0 radical (unpaired) electrons. The fourth-order valence-electron chi connectivity index (χ4n) is 3.25. The second-order valence-electron chi connectivity index (χ2n) is 5.79. The van der Waals surface area contributed by atoms with Gasteiger partial charge in [-0.15, -0.1) is 0 Å². The molecule has 1 aliphatic heterocycles. The van der Waals surface area contributed by atoms with Gasteiger partial charge in [-0.25, -0.2) is 0 Å². The van der Waals surface area contributed by atoms with Crippen LogP contribution in [0.15, 0.2) is 30.5 Å². The maximum Gasteiger partial charge on any atom is 0.256 e. The van der Waals surface area contributed by atoms with E-state index in [1.165, 1.54) is 0 Å². The summed E-state index contributed by atoms with van der Waals surface area (Å²) in [5.74, 6) is -0.0187. The number of hydrogen-bond acceptors (Lipinski definition) is 3. The van der Waals surface area contributed by atoms with Crippen molar-refractivity contribution in [2.45, 2.75) is 38.8 Å². The molecule has 4 heteroatoms. The average molecular weight is 284 g/mol. The van der Waals surface area contributed by atoms with Crippen molar-refractivity contribution in [1.82, 2.24) is 9.88 Å². The number of nitrogens with zero attached hydrogens (tertiary/aromatic N) is 2. The highest BCUT2D eigenvalue weighted by Crippen LogP contribution is 2.28. The van der Waals surface area contributed by atoms with Crippen LogP contribution in [0.2, 0.25) is 0 Å². The van der Waals surface area contributed by atoms with Gasteiger partial charge in [0.1, 0.15) is 0 Å². The highest BCUT2D eigenvalue weighted by molar-refractivity contribution is 6.00. The SMILES string of the molecule is Cc1c(C(=O)N2[C@@H](CO)CC[C@H]2C)cnc2ccccc12. The van der Waals surface area contributed by atoms with E-state index in [4.69, 9.17) is 0 Å². The van der Waals surface area contributed by atoms with E-state index in [1.54, 1.807) is 6.20 Å². The second kappa shape index (κ2) is 5.45. The van der Waals surface area contributed by atoms with Crippen molar-refractivity contribution < 1.29 is 9.90 Å². The third-order valence-corrected chi connectivity index (χ3v) is 4.51. The maximum absolute atomic E-state index is 12.9. The average Bonchev–Trinajstić information content (AvgIpc) is 2.88. The van der Waals surface area contributed by atoms with Crippen LogP contribution in [0.4, 0.5) is 0 Å². The van der Waals surface area contributed by atoms with Gasteiger partial charge < -0.3 is 10.0 Å². The monoisotopic (exact) mass is 284 g/mol. The molecule has 0 saturated carbocycles. The van der Waals surface area contributed by atoms with Crippen LogP contribution in [-0.2, 0) is 0 Å². The Morgan fingerprint density at radius 3 is 2.90 bits per heavy atom. The van der Waals surface area contributed by atoms with Gasteiger partial charge >= 0.3 is 0 Å². The van der Waals surface area contributed by atoms with Crippen LogP contribution in [0, 0.1) is 6.92 Å². The van der Waals surface area contributed by atoms with Gasteiger partial charge in [0.15, 0.2) is 0 Å². The fraction of sp³-hybridized carbons (Fsp3) is 0.412. The first kappa shape index (κ1) is 14.0. The van der Waals surface area contributed by atoms with Gasteiger partial charge in [-0.2, -0.15) is 0 Å². The van der Waals surface area contributed by atoms with E-state index in [1.807, 2.05) is 43.0 Å². The Morgan fingerprint density at radius 1 is 1.38 bits per heavy atom. The van der Waals surface area contributed by atoms with Gasteiger partial charge in [0.25, 0.3) is 5.91 Å². The molecular weight excluding hydrogens is 264 g/mol. The summed E-state index contributed by atoms with van der Waals surface area (Å²) in [6.07, 6.45) is 3.47. The predicted molar refractivity (Wildman–Crippen MR) is 82.2 cm³/mol. The molecule has 2 aromatic rings. The number of aliphatic hydroxyl groups is 1. The summed E-state index contributed by atoms with van der Waals surface area (Å²) >= 11 is 0. The lowest BCUT2D eigenvalue weighted by molar-refractivity contribution is 0.0611. The molecule has 21 heavy (non-hydrogen) atoms. The third-order valence-electron chi connectivity index (χ3n) is 4.51. The van der Waals surface area contributed by atoms with Crippen molar-refractivity contribution in [3.8, 4) is 0 Å². The van der Waals surface area contributed by atoms with E-state index in [0.29, 0.717) is 5.56 Å². The molecule has 0 spiro atoms. The lowest BCUT2D eigenvalue weighted by atomic mass is 10.0. The summed E-state index contributed by atoms with van der Waals surface area (Å²) in [5.41, 5.74) is 2.50. The van der Waals surface area contributed by atoms with Crippen LogP contribution in [0.5, 0.6) is 0 Å². The van der Waals surface area contributed by atoms with Crippen LogP contribution in [0.1, 0.15) is 35.7 Å². The first-order chi connectivity index (χ1) is 10.1. The number of aryl methyl sites for hydroxylation is 1. The zero-order valence-corrected chi connectivity index (χ0v) is 12.4. The summed E-state index contributed by atoms with van der Waals surface area (Å²) in [6, 6.07) is 7.94. The number of likely N-dealkylation sites (tertiary alicyclic amines) is 1. The van der Waals surface area contributed by atoms with Crippen LogP contribution in [-0.4, -0.2) is 39.6 Å². The van der Waals surface area contributed by atoms with E-state index < -0.39 is 0 Å². The summed E-state index contributed by atoms with van der Waals surface area (Å²) in [4.78, 5) is 19.1. The molecule has 1 saturated heterocycles. The first-order valence-corrected chi connectivity index (χ1v) is 7.41. The summed E-state index contributed by atoms with van der Waals surface area (Å²) in [6.45, 7) is 4.03. The van der Waals surface area contributed by atoms with E-state index in [9.17, 15) is 9.90 Å². The lowest BCUT2D eigenvalue weighted by Gasteiger charge is -2.28. The topological polar surface area (TPSA) is 53.4 Å². The lowest BCUT2D eigenvalue weighted by Crippen LogP contribution is -2.42. The third kappa shape index (κ3) is 2.29. The minimum Gasteiger partial charge on any atom is -0.394 e. The molecule has 110 valence electrons. The van der Waals surface area contributed by atoms with Gasteiger partial charge in [0.2, 0.25) is 0 Å². The predicted octanol–water partition coefficient (Wildman–Crippen LogP) is 2.53. The quantitative estimate of drug-likeness (QED) is 0.922. The number of benzene rings is 1. The Hall–Kier alpha value is -1.94. The Kier molecular flexibility index (Phi) is 3.64. The van der Waals surface area contributed by atoms with E-state index in [-0.39, 0.29) is 24.6 Å². The number of fused-ring (bicyclic) bond motifs is 1. The van der Waals surface area contributed by atoms with Gasteiger partial charge in [-0.05, 0) is 38.3 Å². The fourth-order valence-corrected chi connectivity index (χ4v) is 3.25. The molecule has 2 heterocycles. The minimum atomic E-state index is -0.0710. The largest absolute Gasteiger partial charge is 0.394 e. The van der Waals surface area contributed by atoms with Crippen molar-refractivity contribution in [3.05, 3.63) is 41.6 Å². The molecule has 1 aromatic carbocycles. The van der Waals surface area contributed by atoms with Crippen LogP contribution in [0.3, 0.4) is 0 Å². The molecule has 0 bridgehead atoms. The van der Waals surface area contributed by atoms with Gasteiger partial charge in [0.05, 0.1) is 23.7 Å². The van der Waals surface area contributed by atoms with E-state index in [0.717, 1.165) is 29.3 Å². The zero-order valence-electron chi connectivity index (χ0n) is 12.4. The number of aromatic nitrogens is 1. The molecule has 2 atom stereocenters. The molecule has 1 amide bonds. The Bertz CT molecular complexity index is 684. The minimum absolute atomic E-state index is 0.0187. The van der Waals surface area contributed by atoms with Gasteiger partial charge in [0, 0.05) is 17.6 Å².